The average molecular weight is 285 g/mol. The van der Waals surface area contributed by atoms with Gasteiger partial charge in [-0.15, -0.1) is 0 Å². The van der Waals surface area contributed by atoms with Gasteiger partial charge >= 0.3 is 0 Å². The molecule has 1 aromatic rings. The van der Waals surface area contributed by atoms with E-state index in [4.69, 9.17) is 0 Å². The Labute approximate surface area is 115 Å². The molecule has 0 aliphatic carbocycles. The maximum Gasteiger partial charge on any atom is 0.211 e. The number of benzene rings is 1. The van der Waals surface area contributed by atoms with Crippen molar-refractivity contribution in [2.24, 2.45) is 5.92 Å². The fourth-order valence-corrected chi connectivity index (χ4v) is 3.31. The van der Waals surface area contributed by atoms with Crippen LogP contribution in [-0.2, 0) is 16.4 Å². The van der Waals surface area contributed by atoms with Gasteiger partial charge in [-0.05, 0) is 24.3 Å². The molecule has 0 aliphatic rings. The van der Waals surface area contributed by atoms with Gasteiger partial charge in [0.15, 0.2) is 0 Å². The van der Waals surface area contributed by atoms with E-state index in [1.165, 1.54) is 0 Å². The third-order valence-electron chi connectivity index (χ3n) is 2.86. The van der Waals surface area contributed by atoms with Crippen LogP contribution in [-0.4, -0.2) is 31.9 Å². The molecule has 0 saturated heterocycles. The molecule has 0 saturated carbocycles. The van der Waals surface area contributed by atoms with E-state index in [-0.39, 0.29) is 12.4 Å². The molecule has 4 nitrogen and oxygen atoms in total. The summed E-state index contributed by atoms with van der Waals surface area (Å²) in [6.07, 6.45) is 1.12. The number of aliphatic hydroxyl groups excluding tert-OH is 1. The van der Waals surface area contributed by atoms with Crippen LogP contribution in [0.3, 0.4) is 0 Å². The number of rotatable bonds is 8. The zero-order chi connectivity index (χ0) is 14.3. The second kappa shape index (κ2) is 7.62. The number of hydrogen-bond acceptors (Lipinski definition) is 3. The molecule has 2 N–H and O–H groups in total. The van der Waals surface area contributed by atoms with Crippen LogP contribution in [0, 0.1) is 5.92 Å². The fraction of sp³-hybridized carbons (Fsp3) is 0.571. The fourth-order valence-electron chi connectivity index (χ4n) is 1.75. The van der Waals surface area contributed by atoms with E-state index in [2.05, 4.69) is 4.72 Å². The van der Waals surface area contributed by atoms with Crippen molar-refractivity contribution in [1.82, 2.24) is 4.72 Å². The molecule has 1 rings (SSSR count). The molecule has 5 heteroatoms. The van der Waals surface area contributed by atoms with Gasteiger partial charge in [-0.25, -0.2) is 13.1 Å². The molecule has 0 aromatic heterocycles. The largest absolute Gasteiger partial charge is 0.395 e. The molecule has 0 bridgehead atoms. The molecule has 108 valence electrons. The van der Waals surface area contributed by atoms with Crippen molar-refractivity contribution < 1.29 is 13.5 Å². The van der Waals surface area contributed by atoms with Gasteiger partial charge in [0.25, 0.3) is 0 Å². The van der Waals surface area contributed by atoms with E-state index in [1.807, 2.05) is 44.2 Å². The Morgan fingerprint density at radius 3 is 2.37 bits per heavy atom. The Bertz CT molecular complexity index is 457. The maximum absolute atomic E-state index is 11.9. The Morgan fingerprint density at radius 1 is 1.21 bits per heavy atom. The summed E-state index contributed by atoms with van der Waals surface area (Å²) in [7, 11) is -3.32. The van der Waals surface area contributed by atoms with Crippen LogP contribution in [0.4, 0.5) is 0 Å². The SMILES string of the molecule is CC(C)CCS(=O)(=O)N[C@H](CO)Cc1ccccc1. The summed E-state index contributed by atoms with van der Waals surface area (Å²) in [6.45, 7) is 3.78. The Balaban J connectivity index is 2.56. The normalized spacial score (nSPS) is 13.7. The van der Waals surface area contributed by atoms with E-state index in [0.29, 0.717) is 18.8 Å². The van der Waals surface area contributed by atoms with Crippen LogP contribution in [0.1, 0.15) is 25.8 Å². The highest BCUT2D eigenvalue weighted by Crippen LogP contribution is 2.06. The summed E-state index contributed by atoms with van der Waals surface area (Å²) < 4.78 is 26.3. The summed E-state index contributed by atoms with van der Waals surface area (Å²) in [5.74, 6) is 0.453. The van der Waals surface area contributed by atoms with Gasteiger partial charge in [0, 0.05) is 6.04 Å². The first-order valence-electron chi connectivity index (χ1n) is 6.57. The highest BCUT2D eigenvalue weighted by atomic mass is 32.2. The molecular formula is C14H23NO3S. The van der Waals surface area contributed by atoms with Gasteiger partial charge in [-0.1, -0.05) is 44.2 Å². The van der Waals surface area contributed by atoms with Crippen LogP contribution < -0.4 is 4.72 Å². The predicted octanol–water partition coefficient (Wildman–Crippen LogP) is 1.56. The topological polar surface area (TPSA) is 66.4 Å². The van der Waals surface area contributed by atoms with Gasteiger partial charge in [-0.3, -0.25) is 0 Å². The lowest BCUT2D eigenvalue weighted by Gasteiger charge is -2.17. The number of sulfonamides is 1. The van der Waals surface area contributed by atoms with Gasteiger partial charge in [0.05, 0.1) is 12.4 Å². The molecule has 0 aliphatic heterocycles. The Morgan fingerprint density at radius 2 is 1.84 bits per heavy atom. The first kappa shape index (κ1) is 16.1. The molecule has 0 fully saturated rings. The van der Waals surface area contributed by atoms with Crippen LogP contribution in [0.5, 0.6) is 0 Å². The molecular weight excluding hydrogens is 262 g/mol. The zero-order valence-electron chi connectivity index (χ0n) is 11.5. The lowest BCUT2D eigenvalue weighted by Crippen LogP contribution is -2.40. The van der Waals surface area contributed by atoms with Crippen molar-refractivity contribution in [2.45, 2.75) is 32.7 Å². The van der Waals surface area contributed by atoms with Crippen LogP contribution in [0.15, 0.2) is 30.3 Å². The van der Waals surface area contributed by atoms with E-state index >= 15 is 0 Å². The van der Waals surface area contributed by atoms with Crippen molar-refractivity contribution in [2.75, 3.05) is 12.4 Å². The maximum atomic E-state index is 11.9. The zero-order valence-corrected chi connectivity index (χ0v) is 12.4. The second-order valence-corrected chi connectivity index (χ2v) is 7.06. The second-order valence-electron chi connectivity index (χ2n) is 5.19. The summed E-state index contributed by atoms with van der Waals surface area (Å²) in [4.78, 5) is 0. The minimum absolute atomic E-state index is 0.107. The van der Waals surface area contributed by atoms with Crippen LogP contribution in [0.2, 0.25) is 0 Å². The number of nitrogens with one attached hydrogen (secondary N) is 1. The van der Waals surface area contributed by atoms with Crippen LogP contribution in [0.25, 0.3) is 0 Å². The van der Waals surface area contributed by atoms with E-state index in [0.717, 1.165) is 5.56 Å². The summed E-state index contributed by atoms with van der Waals surface area (Å²) in [6, 6.07) is 9.09. The van der Waals surface area contributed by atoms with Gasteiger partial charge in [-0.2, -0.15) is 0 Å². The monoisotopic (exact) mass is 285 g/mol. The van der Waals surface area contributed by atoms with E-state index in [9.17, 15) is 13.5 Å². The number of hydrogen-bond donors (Lipinski definition) is 2. The van der Waals surface area contributed by atoms with Crippen molar-refractivity contribution in [3.8, 4) is 0 Å². The molecule has 0 heterocycles. The Kier molecular flexibility index (Phi) is 6.48. The van der Waals surface area contributed by atoms with Gasteiger partial charge in [0.1, 0.15) is 0 Å². The predicted molar refractivity (Wildman–Crippen MR) is 77.4 cm³/mol. The van der Waals surface area contributed by atoms with Crippen molar-refractivity contribution >= 4 is 10.0 Å². The van der Waals surface area contributed by atoms with E-state index in [1.54, 1.807) is 0 Å². The minimum atomic E-state index is -3.32. The first-order valence-corrected chi connectivity index (χ1v) is 8.23. The smallest absolute Gasteiger partial charge is 0.211 e. The van der Waals surface area contributed by atoms with Gasteiger partial charge < -0.3 is 5.11 Å². The van der Waals surface area contributed by atoms with Crippen molar-refractivity contribution in [1.29, 1.82) is 0 Å². The third-order valence-corrected chi connectivity index (χ3v) is 4.32. The third kappa shape index (κ3) is 6.71. The molecule has 19 heavy (non-hydrogen) atoms. The van der Waals surface area contributed by atoms with E-state index < -0.39 is 16.1 Å². The molecule has 0 radical (unpaired) electrons. The van der Waals surface area contributed by atoms with Crippen molar-refractivity contribution in [3.05, 3.63) is 35.9 Å². The molecule has 0 spiro atoms. The Hall–Kier alpha value is -0.910. The lowest BCUT2D eigenvalue weighted by atomic mass is 10.1. The van der Waals surface area contributed by atoms with Gasteiger partial charge in [0.2, 0.25) is 10.0 Å². The number of aliphatic hydroxyl groups is 1. The minimum Gasteiger partial charge on any atom is -0.395 e. The first-order chi connectivity index (χ1) is 8.93. The standard InChI is InChI=1S/C14H23NO3S/c1-12(2)8-9-19(17,18)15-14(11-16)10-13-6-4-3-5-7-13/h3-7,12,14-16H,8-11H2,1-2H3/t14-/m0/s1. The van der Waals surface area contributed by atoms with Crippen LogP contribution >= 0.6 is 0 Å². The quantitative estimate of drug-likeness (QED) is 0.761. The summed E-state index contributed by atoms with van der Waals surface area (Å²) in [5, 5.41) is 9.30. The summed E-state index contributed by atoms with van der Waals surface area (Å²) in [5.41, 5.74) is 1.01. The highest BCUT2D eigenvalue weighted by molar-refractivity contribution is 7.89. The molecule has 0 amide bonds. The molecule has 0 unspecified atom stereocenters. The highest BCUT2D eigenvalue weighted by Gasteiger charge is 2.17. The molecule has 1 atom stereocenters. The van der Waals surface area contributed by atoms with Crippen molar-refractivity contribution in [3.63, 3.8) is 0 Å². The molecule has 1 aromatic carbocycles. The lowest BCUT2D eigenvalue weighted by molar-refractivity contribution is 0.256. The summed E-state index contributed by atoms with van der Waals surface area (Å²) >= 11 is 0. The average Bonchev–Trinajstić information content (AvgIpc) is 2.37.